The van der Waals surface area contributed by atoms with Gasteiger partial charge in [0, 0.05) is 24.8 Å². The Morgan fingerprint density at radius 3 is 2.92 bits per heavy atom. The van der Waals surface area contributed by atoms with Gasteiger partial charge >= 0.3 is 0 Å². The molecule has 0 aliphatic rings. The number of carbonyl (C=O) groups excluding carboxylic acids is 1. The first-order valence-electron chi connectivity index (χ1n) is 8.45. The maximum Gasteiger partial charge on any atom is 0.220 e. The van der Waals surface area contributed by atoms with Gasteiger partial charge in [0.05, 0.1) is 5.69 Å². The minimum atomic E-state index is -0.251. The van der Waals surface area contributed by atoms with E-state index < -0.39 is 0 Å². The zero-order valence-electron chi connectivity index (χ0n) is 14.1. The van der Waals surface area contributed by atoms with Gasteiger partial charge in [-0.15, -0.1) is 11.3 Å². The van der Waals surface area contributed by atoms with Crippen LogP contribution in [-0.2, 0) is 11.2 Å². The van der Waals surface area contributed by atoms with E-state index in [1.165, 1.54) is 18.5 Å². The molecule has 0 aliphatic heterocycles. The van der Waals surface area contributed by atoms with E-state index in [1.54, 1.807) is 28.0 Å². The molecule has 0 fully saturated rings. The van der Waals surface area contributed by atoms with E-state index in [-0.39, 0.29) is 17.6 Å². The highest BCUT2D eigenvalue weighted by Crippen LogP contribution is 2.25. The summed E-state index contributed by atoms with van der Waals surface area (Å²) in [6.07, 6.45) is 4.55. The third kappa shape index (κ3) is 4.42. The van der Waals surface area contributed by atoms with Crippen LogP contribution in [0.2, 0.25) is 0 Å². The molecule has 132 valence electrons. The maximum absolute atomic E-state index is 13.1. The first kappa shape index (κ1) is 17.5. The lowest BCUT2D eigenvalue weighted by Gasteiger charge is -2.16. The predicted molar refractivity (Wildman–Crippen MR) is 96.2 cm³/mol. The van der Waals surface area contributed by atoms with Gasteiger partial charge in [0.25, 0.3) is 0 Å². The van der Waals surface area contributed by atoms with Gasteiger partial charge < -0.3 is 5.32 Å². The first-order chi connectivity index (χ1) is 12.2. The van der Waals surface area contributed by atoms with Crippen molar-refractivity contribution in [3.05, 3.63) is 53.0 Å². The van der Waals surface area contributed by atoms with Gasteiger partial charge in [-0.1, -0.05) is 25.5 Å². The minimum absolute atomic E-state index is 0.0211. The lowest BCUT2D eigenvalue weighted by molar-refractivity contribution is -0.121. The standard InChI is InChI=1S/C18H21FN4OS/c1-2-3-14(13-4-6-15(19)7-5-13)10-17(24)20-9-8-16-11-25-18-21-12-22-23(16)18/h4-7,11-12,14H,2-3,8-10H2,1H3,(H,20,24). The van der Waals surface area contributed by atoms with Crippen molar-refractivity contribution < 1.29 is 9.18 Å². The fourth-order valence-corrected chi connectivity index (χ4v) is 3.77. The van der Waals surface area contributed by atoms with Crippen LogP contribution in [0.1, 0.15) is 43.4 Å². The van der Waals surface area contributed by atoms with Gasteiger partial charge in [-0.05, 0) is 30.0 Å². The van der Waals surface area contributed by atoms with Crippen molar-refractivity contribution in [2.75, 3.05) is 6.54 Å². The number of thiazole rings is 1. The fraction of sp³-hybridized carbons (Fsp3) is 0.389. The van der Waals surface area contributed by atoms with Crippen molar-refractivity contribution in [1.82, 2.24) is 19.9 Å². The summed E-state index contributed by atoms with van der Waals surface area (Å²) in [6.45, 7) is 2.65. The van der Waals surface area contributed by atoms with Gasteiger partial charge in [0.15, 0.2) is 0 Å². The van der Waals surface area contributed by atoms with E-state index in [4.69, 9.17) is 0 Å². The molecule has 7 heteroatoms. The lowest BCUT2D eigenvalue weighted by Crippen LogP contribution is -2.27. The van der Waals surface area contributed by atoms with Crippen LogP contribution in [0, 0.1) is 5.82 Å². The second-order valence-corrected chi connectivity index (χ2v) is 6.86. The third-order valence-corrected chi connectivity index (χ3v) is 5.08. The van der Waals surface area contributed by atoms with E-state index in [0.29, 0.717) is 19.4 Å². The third-order valence-electron chi connectivity index (χ3n) is 4.20. The Balaban J connectivity index is 1.53. The maximum atomic E-state index is 13.1. The largest absolute Gasteiger partial charge is 0.356 e. The lowest BCUT2D eigenvalue weighted by atomic mass is 9.91. The van der Waals surface area contributed by atoms with Crippen LogP contribution in [0.5, 0.6) is 0 Å². The van der Waals surface area contributed by atoms with Crippen molar-refractivity contribution in [3.8, 4) is 0 Å². The quantitative estimate of drug-likeness (QED) is 0.668. The highest BCUT2D eigenvalue weighted by Gasteiger charge is 2.15. The van der Waals surface area contributed by atoms with Crippen molar-refractivity contribution in [2.45, 2.75) is 38.5 Å². The van der Waals surface area contributed by atoms with Gasteiger partial charge in [-0.3, -0.25) is 4.79 Å². The summed E-state index contributed by atoms with van der Waals surface area (Å²) in [5.74, 6) is -0.111. The summed E-state index contributed by atoms with van der Waals surface area (Å²) < 4.78 is 14.9. The fourth-order valence-electron chi connectivity index (χ4n) is 2.94. The number of carbonyl (C=O) groups is 1. The van der Waals surface area contributed by atoms with E-state index in [9.17, 15) is 9.18 Å². The number of benzene rings is 1. The first-order valence-corrected chi connectivity index (χ1v) is 9.33. The Bertz CT molecular complexity index is 827. The summed E-state index contributed by atoms with van der Waals surface area (Å²) in [4.78, 5) is 17.3. The summed E-state index contributed by atoms with van der Waals surface area (Å²) in [5.41, 5.74) is 2.06. The van der Waals surface area contributed by atoms with Gasteiger partial charge in [0.1, 0.15) is 12.1 Å². The van der Waals surface area contributed by atoms with Gasteiger partial charge in [0.2, 0.25) is 10.9 Å². The second-order valence-electron chi connectivity index (χ2n) is 6.02. The van der Waals surface area contributed by atoms with Crippen molar-refractivity contribution >= 4 is 22.2 Å². The molecule has 0 aliphatic carbocycles. The number of nitrogens with one attached hydrogen (secondary N) is 1. The summed E-state index contributed by atoms with van der Waals surface area (Å²) in [7, 11) is 0. The molecule has 1 aromatic carbocycles. The highest BCUT2D eigenvalue weighted by molar-refractivity contribution is 7.15. The van der Waals surface area contributed by atoms with E-state index in [1.807, 2.05) is 5.38 Å². The smallest absolute Gasteiger partial charge is 0.220 e. The molecule has 5 nitrogen and oxygen atoms in total. The van der Waals surface area contributed by atoms with Crippen LogP contribution in [0.3, 0.4) is 0 Å². The molecular formula is C18H21FN4OS. The topological polar surface area (TPSA) is 59.3 Å². The Kier molecular flexibility index (Phi) is 5.75. The van der Waals surface area contributed by atoms with Gasteiger partial charge in [-0.2, -0.15) is 5.10 Å². The average Bonchev–Trinajstić information content (AvgIpc) is 3.20. The van der Waals surface area contributed by atoms with Crippen molar-refractivity contribution in [2.24, 2.45) is 0 Å². The molecule has 0 saturated carbocycles. The zero-order chi connectivity index (χ0) is 17.6. The average molecular weight is 360 g/mol. The molecule has 0 bridgehead atoms. The molecule has 0 saturated heterocycles. The summed E-state index contributed by atoms with van der Waals surface area (Å²) in [6, 6.07) is 6.46. The summed E-state index contributed by atoms with van der Waals surface area (Å²) in [5, 5.41) is 9.16. The molecule has 1 atom stereocenters. The SMILES string of the molecule is CCCC(CC(=O)NCCc1csc2ncnn12)c1ccc(F)cc1. The number of halogens is 1. The van der Waals surface area contributed by atoms with Crippen molar-refractivity contribution in [1.29, 1.82) is 0 Å². The van der Waals surface area contributed by atoms with Crippen LogP contribution in [0.15, 0.2) is 36.0 Å². The number of amides is 1. The number of rotatable bonds is 8. The Morgan fingerprint density at radius 2 is 2.16 bits per heavy atom. The Hall–Kier alpha value is -2.28. The van der Waals surface area contributed by atoms with E-state index in [2.05, 4.69) is 22.3 Å². The molecule has 1 amide bonds. The van der Waals surface area contributed by atoms with Crippen LogP contribution in [-0.4, -0.2) is 27.0 Å². The molecule has 0 radical (unpaired) electrons. The van der Waals surface area contributed by atoms with Crippen molar-refractivity contribution in [3.63, 3.8) is 0 Å². The van der Waals surface area contributed by atoms with Crippen LogP contribution < -0.4 is 5.32 Å². The number of nitrogens with zero attached hydrogens (tertiary/aromatic N) is 3. The summed E-state index contributed by atoms with van der Waals surface area (Å²) >= 11 is 1.54. The Morgan fingerprint density at radius 1 is 1.36 bits per heavy atom. The molecule has 2 heterocycles. The molecule has 3 aromatic rings. The van der Waals surface area contributed by atoms with Gasteiger partial charge in [-0.25, -0.2) is 13.9 Å². The second kappa shape index (κ2) is 8.20. The molecule has 1 unspecified atom stereocenters. The Labute approximate surface area is 149 Å². The van der Waals surface area contributed by atoms with Crippen LogP contribution in [0.4, 0.5) is 4.39 Å². The number of aromatic nitrogens is 3. The highest BCUT2D eigenvalue weighted by atomic mass is 32.1. The molecule has 25 heavy (non-hydrogen) atoms. The van der Waals surface area contributed by atoms with Crippen LogP contribution in [0.25, 0.3) is 4.96 Å². The molecular weight excluding hydrogens is 339 g/mol. The van der Waals surface area contributed by atoms with E-state index >= 15 is 0 Å². The van der Waals surface area contributed by atoms with Crippen LogP contribution >= 0.6 is 11.3 Å². The minimum Gasteiger partial charge on any atom is -0.356 e. The predicted octanol–water partition coefficient (Wildman–Crippen LogP) is 3.56. The van der Waals surface area contributed by atoms with E-state index in [0.717, 1.165) is 29.1 Å². The molecule has 1 N–H and O–H groups in total. The number of hydrogen-bond acceptors (Lipinski definition) is 4. The molecule has 2 aromatic heterocycles. The molecule has 3 rings (SSSR count). The molecule has 0 spiro atoms. The zero-order valence-corrected chi connectivity index (χ0v) is 14.9. The monoisotopic (exact) mass is 360 g/mol. The normalized spacial score (nSPS) is 12.4. The number of fused-ring (bicyclic) bond motifs is 1. The number of hydrogen-bond donors (Lipinski definition) is 1.